The Kier molecular flexibility index (Phi) is 5.05. The first kappa shape index (κ1) is 15.2. The monoisotopic (exact) mass is 267 g/mol. The molecule has 0 saturated heterocycles. The van der Waals surface area contributed by atoms with E-state index in [-0.39, 0.29) is 30.4 Å². The van der Waals surface area contributed by atoms with Crippen molar-refractivity contribution in [3.8, 4) is 0 Å². The maximum absolute atomic E-state index is 11.7. The van der Waals surface area contributed by atoms with Gasteiger partial charge >= 0.3 is 0 Å². The van der Waals surface area contributed by atoms with Crippen LogP contribution >= 0.6 is 0 Å². The van der Waals surface area contributed by atoms with Gasteiger partial charge in [-0.3, -0.25) is 14.3 Å². The normalized spacial score (nSPS) is 11.2. The lowest BCUT2D eigenvalue weighted by Gasteiger charge is -2.19. The fraction of sp³-hybridized carbons (Fsp3) is 0.583. The molecule has 0 aliphatic rings. The molecule has 106 valence electrons. The minimum Gasteiger partial charge on any atom is -0.358 e. The Bertz CT molecular complexity index is 447. The number of rotatable bonds is 5. The lowest BCUT2D eigenvalue weighted by atomic mass is 10.1. The minimum atomic E-state index is -0.144. The molecule has 19 heavy (non-hydrogen) atoms. The Hall–Kier alpha value is -1.89. The average Bonchev–Trinajstić information content (AvgIpc) is 2.73. The molecule has 0 atom stereocenters. The quantitative estimate of drug-likeness (QED) is 0.698. The molecule has 1 rings (SSSR count). The number of anilines is 1. The minimum absolute atomic E-state index is 0.110. The Morgan fingerprint density at radius 3 is 2.58 bits per heavy atom. The molecule has 7 nitrogen and oxygen atoms in total. The molecule has 7 heteroatoms. The first-order valence-electron chi connectivity index (χ1n) is 6.08. The Labute approximate surface area is 112 Å². The Morgan fingerprint density at radius 2 is 2.00 bits per heavy atom. The highest BCUT2D eigenvalue weighted by molar-refractivity contribution is 5.92. The van der Waals surface area contributed by atoms with Gasteiger partial charge < -0.3 is 16.0 Å². The highest BCUT2D eigenvalue weighted by atomic mass is 16.2. The lowest BCUT2D eigenvalue weighted by molar-refractivity contribution is -0.121. The largest absolute Gasteiger partial charge is 0.358 e. The van der Waals surface area contributed by atoms with E-state index in [1.165, 1.54) is 10.9 Å². The summed E-state index contributed by atoms with van der Waals surface area (Å²) in [5.74, 6) is -0.287. The number of hydrogen-bond donors (Lipinski definition) is 3. The number of aromatic nitrogens is 2. The van der Waals surface area contributed by atoms with E-state index >= 15 is 0 Å². The van der Waals surface area contributed by atoms with Crippen LogP contribution in [0.4, 0.5) is 5.69 Å². The van der Waals surface area contributed by atoms with Crippen LogP contribution in [0.3, 0.4) is 0 Å². The molecule has 1 heterocycles. The number of hydrogen-bond acceptors (Lipinski definition) is 4. The van der Waals surface area contributed by atoms with Gasteiger partial charge in [0.15, 0.2) is 0 Å². The summed E-state index contributed by atoms with van der Waals surface area (Å²) in [5, 5.41) is 12.3. The zero-order chi connectivity index (χ0) is 14.5. The van der Waals surface area contributed by atoms with Crippen LogP contribution in [0.2, 0.25) is 0 Å². The summed E-state index contributed by atoms with van der Waals surface area (Å²) < 4.78 is 1.46. The molecule has 0 unspecified atom stereocenters. The topological polar surface area (TPSA) is 88.0 Å². The van der Waals surface area contributed by atoms with Gasteiger partial charge in [0.25, 0.3) is 0 Å². The molecule has 0 radical (unpaired) electrons. The molecule has 2 amide bonds. The van der Waals surface area contributed by atoms with Crippen LogP contribution in [0.1, 0.15) is 20.8 Å². The fourth-order valence-electron chi connectivity index (χ4n) is 1.29. The van der Waals surface area contributed by atoms with Crippen molar-refractivity contribution < 1.29 is 9.59 Å². The number of nitrogens with one attached hydrogen (secondary N) is 3. The van der Waals surface area contributed by atoms with E-state index in [9.17, 15) is 9.59 Å². The van der Waals surface area contributed by atoms with Gasteiger partial charge in [0.1, 0.15) is 6.54 Å². The molecule has 0 aliphatic carbocycles. The summed E-state index contributed by atoms with van der Waals surface area (Å²) >= 11 is 0. The second-order valence-electron chi connectivity index (χ2n) is 5.25. The van der Waals surface area contributed by atoms with Crippen molar-refractivity contribution >= 4 is 17.5 Å². The number of amides is 2. The van der Waals surface area contributed by atoms with E-state index in [2.05, 4.69) is 21.0 Å². The van der Waals surface area contributed by atoms with Crippen LogP contribution in [-0.4, -0.2) is 40.7 Å². The van der Waals surface area contributed by atoms with Crippen molar-refractivity contribution in [3.05, 3.63) is 12.4 Å². The summed E-state index contributed by atoms with van der Waals surface area (Å²) in [4.78, 5) is 22.8. The smallest absolute Gasteiger partial charge is 0.241 e. The summed E-state index contributed by atoms with van der Waals surface area (Å²) in [7, 11) is 1.56. The standard InChI is InChI=1S/C12H21N5O2/c1-12(2,3)14-6-10(18)16-9-5-15-17(7-9)8-11(19)13-4/h5,7,14H,6,8H2,1-4H3,(H,13,19)(H,16,18). The molecule has 1 aromatic heterocycles. The van der Waals surface area contributed by atoms with Gasteiger partial charge in [0.05, 0.1) is 18.4 Å². The number of likely N-dealkylation sites (N-methyl/N-ethyl adjacent to an activating group) is 1. The fourth-order valence-corrected chi connectivity index (χ4v) is 1.29. The Balaban J connectivity index is 2.45. The summed E-state index contributed by atoms with van der Waals surface area (Å²) in [6, 6.07) is 0. The third-order valence-corrected chi connectivity index (χ3v) is 2.28. The zero-order valence-corrected chi connectivity index (χ0v) is 11.8. The Morgan fingerprint density at radius 1 is 1.32 bits per heavy atom. The SMILES string of the molecule is CNC(=O)Cn1cc(NC(=O)CNC(C)(C)C)cn1. The van der Waals surface area contributed by atoms with E-state index < -0.39 is 0 Å². The first-order valence-corrected chi connectivity index (χ1v) is 6.08. The summed E-state index contributed by atoms with van der Waals surface area (Å²) in [6.07, 6.45) is 3.13. The molecule has 1 aromatic rings. The molecule has 0 aliphatic heterocycles. The predicted molar refractivity (Wildman–Crippen MR) is 72.7 cm³/mol. The van der Waals surface area contributed by atoms with Crippen LogP contribution in [-0.2, 0) is 16.1 Å². The number of carbonyl (C=O) groups is 2. The van der Waals surface area contributed by atoms with Gasteiger partial charge in [0, 0.05) is 18.8 Å². The maximum atomic E-state index is 11.7. The van der Waals surface area contributed by atoms with E-state index in [4.69, 9.17) is 0 Å². The molecule has 3 N–H and O–H groups in total. The molecular weight excluding hydrogens is 246 g/mol. The van der Waals surface area contributed by atoms with Crippen LogP contribution in [0.25, 0.3) is 0 Å². The number of nitrogens with zero attached hydrogens (tertiary/aromatic N) is 2. The second-order valence-corrected chi connectivity index (χ2v) is 5.25. The highest BCUT2D eigenvalue weighted by Gasteiger charge is 2.12. The lowest BCUT2D eigenvalue weighted by Crippen LogP contribution is -2.41. The van der Waals surface area contributed by atoms with E-state index in [1.54, 1.807) is 13.2 Å². The van der Waals surface area contributed by atoms with Crippen LogP contribution in [0.5, 0.6) is 0 Å². The second kappa shape index (κ2) is 6.33. The van der Waals surface area contributed by atoms with Gasteiger partial charge in [-0.05, 0) is 20.8 Å². The number of carbonyl (C=O) groups excluding carboxylic acids is 2. The molecule has 0 fully saturated rings. The molecule has 0 aromatic carbocycles. The molecule has 0 saturated carbocycles. The highest BCUT2D eigenvalue weighted by Crippen LogP contribution is 2.04. The van der Waals surface area contributed by atoms with E-state index in [0.717, 1.165) is 0 Å². The van der Waals surface area contributed by atoms with Gasteiger partial charge in [-0.25, -0.2) is 0 Å². The summed E-state index contributed by atoms with van der Waals surface area (Å²) in [5.41, 5.74) is 0.463. The van der Waals surface area contributed by atoms with E-state index in [1.807, 2.05) is 20.8 Å². The van der Waals surface area contributed by atoms with Gasteiger partial charge in [-0.1, -0.05) is 0 Å². The predicted octanol–water partition coefficient (Wildman–Crippen LogP) is -0.0443. The van der Waals surface area contributed by atoms with Gasteiger partial charge in [0.2, 0.25) is 11.8 Å². The maximum Gasteiger partial charge on any atom is 0.241 e. The molecule has 0 bridgehead atoms. The van der Waals surface area contributed by atoms with Crippen molar-refractivity contribution in [3.63, 3.8) is 0 Å². The van der Waals surface area contributed by atoms with Crippen LogP contribution in [0.15, 0.2) is 12.4 Å². The zero-order valence-electron chi connectivity index (χ0n) is 11.8. The molecular formula is C12H21N5O2. The van der Waals surface area contributed by atoms with Crippen LogP contribution in [0, 0.1) is 0 Å². The third kappa shape index (κ3) is 6.01. The average molecular weight is 267 g/mol. The van der Waals surface area contributed by atoms with Crippen molar-refractivity contribution in [1.82, 2.24) is 20.4 Å². The third-order valence-electron chi connectivity index (χ3n) is 2.28. The summed E-state index contributed by atoms with van der Waals surface area (Å²) in [6.45, 7) is 6.32. The van der Waals surface area contributed by atoms with Crippen molar-refractivity contribution in [2.24, 2.45) is 0 Å². The van der Waals surface area contributed by atoms with Gasteiger partial charge in [-0.15, -0.1) is 0 Å². The molecule has 0 spiro atoms. The van der Waals surface area contributed by atoms with Gasteiger partial charge in [-0.2, -0.15) is 5.10 Å². The van der Waals surface area contributed by atoms with Crippen molar-refractivity contribution in [1.29, 1.82) is 0 Å². The van der Waals surface area contributed by atoms with Crippen LogP contribution < -0.4 is 16.0 Å². The van der Waals surface area contributed by atoms with Crippen molar-refractivity contribution in [2.45, 2.75) is 32.9 Å². The first-order chi connectivity index (χ1) is 8.80. The van der Waals surface area contributed by atoms with Crippen molar-refractivity contribution in [2.75, 3.05) is 18.9 Å². The van der Waals surface area contributed by atoms with E-state index in [0.29, 0.717) is 5.69 Å².